The number of rotatable bonds is 10. The minimum Gasteiger partial charge on any atom is -0.497 e. The standard InChI is InChI=1S/2C21H18O3/c1-15-3-5-16(6-4-15)21(22)17-7-9-19(10-8-17)24-20-13-11-18(23-2)12-14-20;1-15-6-8-16(9-7-15)21(22)17-10-12-18(13-11-17)24-20-5-3-4-19(14-20)23-2/h2*3-14H,1-2H3. The number of ether oxygens (including phenoxy) is 4. The summed E-state index contributed by atoms with van der Waals surface area (Å²) in [6, 6.07) is 44.2. The molecule has 0 amide bonds. The van der Waals surface area contributed by atoms with Crippen molar-refractivity contribution in [2.24, 2.45) is 0 Å². The van der Waals surface area contributed by atoms with Gasteiger partial charge in [0.1, 0.15) is 34.5 Å². The molecule has 0 spiro atoms. The maximum atomic E-state index is 12.5. The van der Waals surface area contributed by atoms with Gasteiger partial charge in [0.05, 0.1) is 14.2 Å². The highest BCUT2D eigenvalue weighted by atomic mass is 16.5. The van der Waals surface area contributed by atoms with Gasteiger partial charge in [0.15, 0.2) is 11.6 Å². The molecule has 0 N–H and O–H groups in total. The Morgan fingerprint density at radius 2 is 0.688 bits per heavy atom. The average molecular weight is 637 g/mol. The third-order valence-electron chi connectivity index (χ3n) is 7.43. The molecular formula is C42H36O6. The van der Waals surface area contributed by atoms with E-state index in [-0.39, 0.29) is 11.6 Å². The third kappa shape index (κ3) is 8.98. The summed E-state index contributed by atoms with van der Waals surface area (Å²) in [5, 5.41) is 0. The van der Waals surface area contributed by atoms with Crippen LogP contribution in [0.25, 0.3) is 0 Å². The van der Waals surface area contributed by atoms with Gasteiger partial charge in [-0.25, -0.2) is 0 Å². The number of carbonyl (C=O) groups excluding carboxylic acids is 2. The molecule has 0 atom stereocenters. The molecule has 0 fully saturated rings. The van der Waals surface area contributed by atoms with Crippen molar-refractivity contribution < 1.29 is 28.5 Å². The van der Waals surface area contributed by atoms with E-state index in [0.29, 0.717) is 45.3 Å². The van der Waals surface area contributed by atoms with Gasteiger partial charge in [-0.3, -0.25) is 9.59 Å². The summed E-state index contributed by atoms with van der Waals surface area (Å²) in [6.45, 7) is 4.00. The Labute approximate surface area is 281 Å². The molecule has 0 saturated heterocycles. The van der Waals surface area contributed by atoms with Crippen molar-refractivity contribution in [3.63, 3.8) is 0 Å². The number of aryl methyl sites for hydroxylation is 2. The normalized spacial score (nSPS) is 10.2. The number of carbonyl (C=O) groups is 2. The lowest BCUT2D eigenvalue weighted by molar-refractivity contribution is 0.103. The largest absolute Gasteiger partial charge is 0.497 e. The van der Waals surface area contributed by atoms with E-state index in [0.717, 1.165) is 22.6 Å². The van der Waals surface area contributed by atoms with Crippen molar-refractivity contribution in [2.75, 3.05) is 14.2 Å². The zero-order valence-corrected chi connectivity index (χ0v) is 27.3. The average Bonchev–Trinajstić information content (AvgIpc) is 3.13. The lowest BCUT2D eigenvalue weighted by Gasteiger charge is -2.08. The second-order valence-corrected chi connectivity index (χ2v) is 11.0. The highest BCUT2D eigenvalue weighted by Gasteiger charge is 2.10. The molecule has 0 heterocycles. The summed E-state index contributed by atoms with van der Waals surface area (Å²) in [5.74, 6) is 4.28. The fourth-order valence-electron chi connectivity index (χ4n) is 4.67. The van der Waals surface area contributed by atoms with Crippen molar-refractivity contribution in [1.29, 1.82) is 0 Å². The molecule has 0 bridgehead atoms. The Balaban J connectivity index is 0.000000188. The van der Waals surface area contributed by atoms with Crippen molar-refractivity contribution in [2.45, 2.75) is 13.8 Å². The first-order chi connectivity index (χ1) is 23.3. The molecular weight excluding hydrogens is 600 g/mol. The quantitative estimate of drug-likeness (QED) is 0.139. The fraction of sp³-hybridized carbons (Fsp3) is 0.0952. The van der Waals surface area contributed by atoms with Crippen LogP contribution in [0, 0.1) is 13.8 Å². The summed E-state index contributed by atoms with van der Waals surface area (Å²) >= 11 is 0. The molecule has 0 aromatic heterocycles. The van der Waals surface area contributed by atoms with Crippen LogP contribution in [0.1, 0.15) is 43.0 Å². The van der Waals surface area contributed by atoms with E-state index in [1.54, 1.807) is 62.8 Å². The highest BCUT2D eigenvalue weighted by Crippen LogP contribution is 2.27. The third-order valence-corrected chi connectivity index (χ3v) is 7.43. The monoisotopic (exact) mass is 636 g/mol. The first kappa shape index (κ1) is 33.2. The predicted molar refractivity (Wildman–Crippen MR) is 188 cm³/mol. The Hall–Kier alpha value is -6.14. The molecule has 48 heavy (non-hydrogen) atoms. The highest BCUT2D eigenvalue weighted by molar-refractivity contribution is 6.09. The zero-order valence-electron chi connectivity index (χ0n) is 27.3. The Morgan fingerprint density at radius 1 is 0.375 bits per heavy atom. The molecule has 6 aromatic rings. The molecule has 0 aliphatic carbocycles. The van der Waals surface area contributed by atoms with Gasteiger partial charge < -0.3 is 18.9 Å². The summed E-state index contributed by atoms with van der Waals surface area (Å²) in [5.41, 5.74) is 4.91. The Kier molecular flexibility index (Phi) is 11.0. The van der Waals surface area contributed by atoms with E-state index < -0.39 is 0 Å². The van der Waals surface area contributed by atoms with Crippen molar-refractivity contribution in [3.8, 4) is 34.5 Å². The van der Waals surface area contributed by atoms with Crippen LogP contribution in [-0.2, 0) is 0 Å². The lowest BCUT2D eigenvalue weighted by Crippen LogP contribution is -2.00. The van der Waals surface area contributed by atoms with Gasteiger partial charge in [-0.05, 0) is 98.8 Å². The molecule has 0 unspecified atom stereocenters. The van der Waals surface area contributed by atoms with Gasteiger partial charge in [0.25, 0.3) is 0 Å². The summed E-state index contributed by atoms with van der Waals surface area (Å²) in [7, 11) is 3.24. The van der Waals surface area contributed by atoms with E-state index >= 15 is 0 Å². The van der Waals surface area contributed by atoms with Crippen LogP contribution < -0.4 is 18.9 Å². The van der Waals surface area contributed by atoms with E-state index in [1.165, 1.54) is 0 Å². The number of benzene rings is 6. The van der Waals surface area contributed by atoms with Gasteiger partial charge in [-0.2, -0.15) is 0 Å². The van der Waals surface area contributed by atoms with Gasteiger partial charge in [-0.1, -0.05) is 65.7 Å². The molecule has 6 aromatic carbocycles. The van der Waals surface area contributed by atoms with Gasteiger partial charge in [0, 0.05) is 28.3 Å². The van der Waals surface area contributed by atoms with Crippen LogP contribution in [0.5, 0.6) is 34.5 Å². The molecule has 6 heteroatoms. The van der Waals surface area contributed by atoms with Crippen LogP contribution in [0.3, 0.4) is 0 Å². The number of ketones is 2. The SMILES string of the molecule is COc1ccc(Oc2ccc(C(=O)c3ccc(C)cc3)cc2)cc1.COc1cccc(Oc2ccc(C(=O)c3ccc(C)cc3)cc2)c1. The number of methoxy groups -OCH3 is 2. The topological polar surface area (TPSA) is 71.1 Å². The van der Waals surface area contributed by atoms with Crippen molar-refractivity contribution in [3.05, 3.63) is 179 Å². The van der Waals surface area contributed by atoms with E-state index in [9.17, 15) is 9.59 Å². The van der Waals surface area contributed by atoms with E-state index in [1.807, 2.05) is 111 Å². The van der Waals surface area contributed by atoms with Gasteiger partial charge in [-0.15, -0.1) is 0 Å². The van der Waals surface area contributed by atoms with Crippen molar-refractivity contribution >= 4 is 11.6 Å². The fourth-order valence-corrected chi connectivity index (χ4v) is 4.67. The first-order valence-corrected chi connectivity index (χ1v) is 15.4. The van der Waals surface area contributed by atoms with Crippen molar-refractivity contribution in [1.82, 2.24) is 0 Å². The number of hydrogen-bond donors (Lipinski definition) is 0. The predicted octanol–water partition coefficient (Wildman–Crippen LogP) is 10.1. The van der Waals surface area contributed by atoms with Crippen LogP contribution in [0.4, 0.5) is 0 Å². The smallest absolute Gasteiger partial charge is 0.193 e. The molecule has 0 radical (unpaired) electrons. The van der Waals surface area contributed by atoms with Crippen LogP contribution in [0.2, 0.25) is 0 Å². The second-order valence-electron chi connectivity index (χ2n) is 11.0. The minimum atomic E-state index is 0.00271. The second kappa shape index (κ2) is 15.9. The minimum absolute atomic E-state index is 0.00271. The molecule has 6 rings (SSSR count). The van der Waals surface area contributed by atoms with Crippen LogP contribution in [-0.4, -0.2) is 25.8 Å². The Bertz CT molecular complexity index is 1940. The summed E-state index contributed by atoms with van der Waals surface area (Å²) in [4.78, 5) is 24.9. The van der Waals surface area contributed by atoms with Gasteiger partial charge >= 0.3 is 0 Å². The summed E-state index contributed by atoms with van der Waals surface area (Å²) < 4.78 is 21.8. The molecule has 6 nitrogen and oxygen atoms in total. The molecule has 240 valence electrons. The molecule has 0 saturated carbocycles. The number of hydrogen-bond acceptors (Lipinski definition) is 6. The first-order valence-electron chi connectivity index (χ1n) is 15.4. The molecule has 0 aliphatic heterocycles. The zero-order chi connectivity index (χ0) is 33.9. The molecule has 0 aliphatic rings. The Morgan fingerprint density at radius 3 is 1.08 bits per heavy atom. The van der Waals surface area contributed by atoms with Crippen LogP contribution in [0.15, 0.2) is 146 Å². The van der Waals surface area contributed by atoms with E-state index in [2.05, 4.69) is 0 Å². The van der Waals surface area contributed by atoms with Crippen LogP contribution >= 0.6 is 0 Å². The maximum Gasteiger partial charge on any atom is 0.193 e. The summed E-state index contributed by atoms with van der Waals surface area (Å²) in [6.07, 6.45) is 0. The van der Waals surface area contributed by atoms with E-state index in [4.69, 9.17) is 18.9 Å². The maximum absolute atomic E-state index is 12.5. The lowest BCUT2D eigenvalue weighted by atomic mass is 10.0. The van der Waals surface area contributed by atoms with Gasteiger partial charge in [0.2, 0.25) is 0 Å².